The smallest absolute Gasteiger partial charge is 0.255 e. The van der Waals surface area contributed by atoms with Gasteiger partial charge in [0.2, 0.25) is 0 Å². The first-order valence-electron chi connectivity index (χ1n) is 14.6. The molecule has 1 aliphatic carbocycles. The van der Waals surface area contributed by atoms with Crippen LogP contribution in [-0.4, -0.2) is 70.1 Å². The first kappa shape index (κ1) is 31.2. The number of aliphatic hydroxyl groups is 2. The van der Waals surface area contributed by atoms with Crippen molar-refractivity contribution in [3.8, 4) is 11.3 Å². The lowest BCUT2D eigenvalue weighted by atomic mass is 10.0. The van der Waals surface area contributed by atoms with Gasteiger partial charge >= 0.3 is 0 Å². The molecule has 1 amide bonds. The van der Waals surface area contributed by atoms with Gasteiger partial charge in [0.1, 0.15) is 6.73 Å². The maximum Gasteiger partial charge on any atom is 0.255 e. The van der Waals surface area contributed by atoms with Crippen molar-refractivity contribution in [1.29, 1.82) is 0 Å². The zero-order chi connectivity index (χ0) is 30.1. The average Bonchev–Trinajstić information content (AvgIpc) is 3.74. The monoisotopic (exact) mass is 628 g/mol. The van der Waals surface area contributed by atoms with Crippen LogP contribution in [0.5, 0.6) is 0 Å². The predicted molar refractivity (Wildman–Crippen MR) is 173 cm³/mol. The Balaban J connectivity index is 1.28. The number of amides is 1. The van der Waals surface area contributed by atoms with Gasteiger partial charge in [-0.1, -0.05) is 43.4 Å². The van der Waals surface area contributed by atoms with E-state index in [1.807, 2.05) is 28.9 Å². The Labute approximate surface area is 258 Å². The molecular formula is C31H41ClN4O4SSi. The van der Waals surface area contributed by atoms with Gasteiger partial charge in [0.05, 0.1) is 10.7 Å². The molecule has 5 rings (SSSR count). The third-order valence-electron chi connectivity index (χ3n) is 7.87. The van der Waals surface area contributed by atoms with E-state index in [-0.39, 0.29) is 22.1 Å². The molecular weight excluding hydrogens is 588 g/mol. The standard InChI is InChI=1S/C31H41ClN4O4SSi/c1-21-28(34-36(29(21)23-5-6-23)20-40-15-18-42(2,3)4)22-7-10-25(11-8-22)33-30(37)24-9-12-27(32)26(19-24)31(38,39)35-13-16-41-17-14-35/h7-12,19,23,38-39H,5-6,13-18,20H2,1-4H3,(H,33,37). The van der Waals surface area contributed by atoms with Crippen LogP contribution in [0.3, 0.4) is 0 Å². The second-order valence-electron chi connectivity index (χ2n) is 12.4. The van der Waals surface area contributed by atoms with Crippen molar-refractivity contribution in [1.82, 2.24) is 14.7 Å². The summed E-state index contributed by atoms with van der Waals surface area (Å²) in [6.07, 6.45) is 2.37. The van der Waals surface area contributed by atoms with E-state index in [2.05, 4.69) is 31.9 Å². The van der Waals surface area contributed by atoms with E-state index in [0.717, 1.165) is 35.4 Å². The van der Waals surface area contributed by atoms with Gasteiger partial charge in [0, 0.05) is 73.3 Å². The number of ether oxygens (including phenoxy) is 1. The van der Waals surface area contributed by atoms with Gasteiger partial charge in [0.25, 0.3) is 11.8 Å². The van der Waals surface area contributed by atoms with Crippen LogP contribution < -0.4 is 5.32 Å². The number of thioether (sulfide) groups is 1. The van der Waals surface area contributed by atoms with Crippen molar-refractivity contribution in [2.24, 2.45) is 0 Å². The number of hydrogen-bond acceptors (Lipinski definition) is 7. The quantitative estimate of drug-likeness (QED) is 0.134. The molecule has 2 aromatic carbocycles. The highest BCUT2D eigenvalue weighted by atomic mass is 35.5. The molecule has 42 heavy (non-hydrogen) atoms. The van der Waals surface area contributed by atoms with Crippen LogP contribution in [0.4, 0.5) is 5.69 Å². The van der Waals surface area contributed by atoms with E-state index < -0.39 is 14.0 Å². The fourth-order valence-corrected chi connectivity index (χ4v) is 7.13. The zero-order valence-corrected chi connectivity index (χ0v) is 27.4. The molecule has 0 atom stereocenters. The van der Waals surface area contributed by atoms with Crippen molar-refractivity contribution in [3.63, 3.8) is 0 Å². The molecule has 1 aromatic heterocycles. The molecule has 8 nitrogen and oxygen atoms in total. The lowest BCUT2D eigenvalue weighted by Crippen LogP contribution is -2.50. The number of rotatable bonds is 11. The fraction of sp³-hybridized carbons (Fsp3) is 0.484. The van der Waals surface area contributed by atoms with Crippen LogP contribution in [0.15, 0.2) is 42.5 Å². The molecule has 0 spiro atoms. The first-order valence-corrected chi connectivity index (χ1v) is 19.8. The third kappa shape index (κ3) is 7.30. The molecule has 2 aliphatic rings. The van der Waals surface area contributed by atoms with Crippen molar-refractivity contribution >= 4 is 43.0 Å². The molecule has 0 unspecified atom stereocenters. The van der Waals surface area contributed by atoms with Crippen molar-refractivity contribution in [2.45, 2.75) is 64.0 Å². The van der Waals surface area contributed by atoms with Gasteiger partial charge in [-0.05, 0) is 61.7 Å². The summed E-state index contributed by atoms with van der Waals surface area (Å²) in [6, 6.07) is 13.3. The number of carbonyl (C=O) groups is 1. The molecule has 0 radical (unpaired) electrons. The molecule has 2 fully saturated rings. The third-order valence-corrected chi connectivity index (χ3v) is 10.8. The van der Waals surface area contributed by atoms with Crippen molar-refractivity contribution < 1.29 is 19.7 Å². The minimum absolute atomic E-state index is 0.0982. The Morgan fingerprint density at radius 1 is 1.14 bits per heavy atom. The van der Waals surface area contributed by atoms with Crippen molar-refractivity contribution in [3.05, 3.63) is 69.9 Å². The van der Waals surface area contributed by atoms with Gasteiger partial charge < -0.3 is 20.3 Å². The molecule has 3 N–H and O–H groups in total. The summed E-state index contributed by atoms with van der Waals surface area (Å²) in [5.74, 6) is -0.483. The highest BCUT2D eigenvalue weighted by Crippen LogP contribution is 2.44. The molecule has 1 aliphatic heterocycles. The lowest BCUT2D eigenvalue weighted by molar-refractivity contribution is -0.273. The second kappa shape index (κ2) is 12.8. The Hall–Kier alpha value is -2.18. The summed E-state index contributed by atoms with van der Waals surface area (Å²) in [6.45, 7) is 11.4. The highest BCUT2D eigenvalue weighted by molar-refractivity contribution is 7.99. The van der Waals surface area contributed by atoms with E-state index >= 15 is 0 Å². The number of anilines is 1. The van der Waals surface area contributed by atoms with Gasteiger partial charge in [-0.15, -0.1) is 0 Å². The number of nitrogens with one attached hydrogen (secondary N) is 1. The summed E-state index contributed by atoms with van der Waals surface area (Å²) in [4.78, 5) is 14.7. The van der Waals surface area contributed by atoms with Gasteiger partial charge in [-0.2, -0.15) is 16.9 Å². The first-order chi connectivity index (χ1) is 19.9. The fourth-order valence-electron chi connectivity index (χ4n) is 5.22. The highest BCUT2D eigenvalue weighted by Gasteiger charge is 2.37. The summed E-state index contributed by atoms with van der Waals surface area (Å²) in [7, 11) is -1.15. The molecule has 11 heteroatoms. The number of carbonyl (C=O) groups excluding carboxylic acids is 1. The SMILES string of the molecule is Cc1c(-c2ccc(NC(=O)c3ccc(Cl)c(C(O)(O)N4CCSCC4)c3)cc2)nn(COCC[Si](C)(C)C)c1C1CC1. The van der Waals surface area contributed by atoms with Crippen LogP contribution in [0, 0.1) is 6.92 Å². The number of aromatic nitrogens is 2. The Morgan fingerprint density at radius 3 is 2.48 bits per heavy atom. The normalized spacial score (nSPS) is 16.5. The number of benzene rings is 2. The largest absolute Gasteiger partial charge is 0.360 e. The lowest BCUT2D eigenvalue weighted by Gasteiger charge is -2.38. The maximum atomic E-state index is 13.1. The molecule has 226 valence electrons. The van der Waals surface area contributed by atoms with Gasteiger partial charge in [-0.3, -0.25) is 4.79 Å². The van der Waals surface area contributed by atoms with Crippen LogP contribution in [0.1, 0.15) is 45.9 Å². The van der Waals surface area contributed by atoms with E-state index in [1.54, 1.807) is 22.7 Å². The van der Waals surface area contributed by atoms with E-state index in [1.165, 1.54) is 36.2 Å². The Kier molecular flexibility index (Phi) is 9.53. The molecule has 3 aromatic rings. The summed E-state index contributed by atoms with van der Waals surface area (Å²) in [5, 5.41) is 29.9. The Morgan fingerprint density at radius 2 is 1.83 bits per heavy atom. The number of nitrogens with zero attached hydrogens (tertiary/aromatic N) is 3. The van der Waals surface area contributed by atoms with Crippen molar-refractivity contribution in [2.75, 3.05) is 36.5 Å². The summed E-state index contributed by atoms with van der Waals surface area (Å²) in [5.41, 5.74) is 5.37. The molecule has 0 bridgehead atoms. The zero-order valence-electron chi connectivity index (χ0n) is 24.8. The van der Waals surface area contributed by atoms with E-state index in [0.29, 0.717) is 31.4 Å². The predicted octanol–water partition coefficient (Wildman–Crippen LogP) is 6.10. The van der Waals surface area contributed by atoms with Crippen LogP contribution in [0.2, 0.25) is 30.7 Å². The second-order valence-corrected chi connectivity index (χ2v) is 19.7. The molecule has 1 saturated carbocycles. The number of halogens is 1. The van der Waals surface area contributed by atoms with Crippen LogP contribution >= 0.6 is 23.4 Å². The molecule has 1 saturated heterocycles. The minimum Gasteiger partial charge on any atom is -0.360 e. The van der Waals surface area contributed by atoms with Crippen LogP contribution in [-0.2, 0) is 17.4 Å². The summed E-state index contributed by atoms with van der Waals surface area (Å²) < 4.78 is 8.07. The maximum absolute atomic E-state index is 13.1. The van der Waals surface area contributed by atoms with Gasteiger partial charge in [0.15, 0.2) is 0 Å². The molecule has 2 heterocycles. The van der Waals surface area contributed by atoms with E-state index in [4.69, 9.17) is 21.4 Å². The van der Waals surface area contributed by atoms with Gasteiger partial charge in [-0.25, -0.2) is 9.58 Å². The summed E-state index contributed by atoms with van der Waals surface area (Å²) >= 11 is 8.11. The van der Waals surface area contributed by atoms with E-state index in [9.17, 15) is 15.0 Å². The number of hydrogen-bond donors (Lipinski definition) is 3. The Bertz CT molecular complexity index is 1410. The minimum atomic E-state index is -2.25. The topological polar surface area (TPSA) is 99.9 Å². The van der Waals surface area contributed by atoms with Crippen LogP contribution in [0.25, 0.3) is 11.3 Å². The average molecular weight is 629 g/mol.